The van der Waals surface area contributed by atoms with Crippen molar-refractivity contribution in [1.29, 1.82) is 0 Å². The van der Waals surface area contributed by atoms with Gasteiger partial charge in [-0.2, -0.15) is 0 Å². The Morgan fingerprint density at radius 2 is 2.31 bits per heavy atom. The van der Waals surface area contributed by atoms with Crippen LogP contribution in [0.15, 0.2) is 18.3 Å². The molecule has 1 rings (SSSR count). The smallest absolute Gasteiger partial charge is 0.239 e. The minimum atomic E-state index is -0.522. The molecule has 5 nitrogen and oxygen atoms in total. The van der Waals surface area contributed by atoms with E-state index in [-0.39, 0.29) is 12.5 Å². The fraction of sp³-hybridized carbons (Fsp3) is 0.455. The van der Waals surface area contributed by atoms with Crippen LogP contribution in [0.1, 0.15) is 18.6 Å². The van der Waals surface area contributed by atoms with E-state index in [0.717, 1.165) is 5.56 Å². The molecule has 88 valence electrons. The van der Waals surface area contributed by atoms with E-state index in [0.29, 0.717) is 5.82 Å². The molecule has 1 aromatic rings. The van der Waals surface area contributed by atoms with Crippen LogP contribution < -0.4 is 10.2 Å². The van der Waals surface area contributed by atoms with E-state index < -0.39 is 6.10 Å². The summed E-state index contributed by atoms with van der Waals surface area (Å²) in [6, 6.07) is 3.58. The zero-order chi connectivity index (χ0) is 12.1. The van der Waals surface area contributed by atoms with E-state index in [4.69, 9.17) is 0 Å². The van der Waals surface area contributed by atoms with Crippen molar-refractivity contribution in [2.45, 2.75) is 13.0 Å². The van der Waals surface area contributed by atoms with Gasteiger partial charge in [0.15, 0.2) is 0 Å². The van der Waals surface area contributed by atoms with Crippen LogP contribution in [-0.4, -0.2) is 36.6 Å². The standard InChI is InChI=1S/C11H17N3O2/c1-8(15)9-4-5-10(13-6-9)14(3)7-11(16)12-2/h4-6,8,15H,7H2,1-3H3,(H,12,16)/t8-/m0/s1. The highest BCUT2D eigenvalue weighted by atomic mass is 16.3. The molecule has 0 aromatic carbocycles. The average molecular weight is 223 g/mol. The normalized spacial score (nSPS) is 12.0. The van der Waals surface area contributed by atoms with Crippen molar-refractivity contribution < 1.29 is 9.90 Å². The lowest BCUT2D eigenvalue weighted by Gasteiger charge is -2.17. The molecule has 0 unspecified atom stereocenters. The van der Waals surface area contributed by atoms with E-state index in [2.05, 4.69) is 10.3 Å². The number of anilines is 1. The van der Waals surface area contributed by atoms with E-state index in [1.54, 1.807) is 44.2 Å². The first kappa shape index (κ1) is 12.4. The second kappa shape index (κ2) is 5.46. The molecule has 0 spiro atoms. The Morgan fingerprint density at radius 1 is 1.62 bits per heavy atom. The number of amides is 1. The molecule has 0 fully saturated rings. The number of likely N-dealkylation sites (N-methyl/N-ethyl adjacent to an activating group) is 2. The Balaban J connectivity index is 2.70. The Labute approximate surface area is 95.1 Å². The molecule has 1 atom stereocenters. The largest absolute Gasteiger partial charge is 0.389 e. The first-order valence-corrected chi connectivity index (χ1v) is 5.10. The number of aromatic nitrogens is 1. The number of pyridine rings is 1. The quantitative estimate of drug-likeness (QED) is 0.771. The molecule has 0 bridgehead atoms. The lowest BCUT2D eigenvalue weighted by atomic mass is 10.2. The van der Waals surface area contributed by atoms with Crippen LogP contribution >= 0.6 is 0 Å². The van der Waals surface area contributed by atoms with Crippen molar-refractivity contribution >= 4 is 11.7 Å². The van der Waals surface area contributed by atoms with Crippen molar-refractivity contribution in [3.63, 3.8) is 0 Å². The van der Waals surface area contributed by atoms with Crippen molar-refractivity contribution in [1.82, 2.24) is 10.3 Å². The summed E-state index contributed by atoms with van der Waals surface area (Å²) in [5.74, 6) is 0.636. The number of nitrogens with zero attached hydrogens (tertiary/aromatic N) is 2. The van der Waals surface area contributed by atoms with Gasteiger partial charge in [-0.05, 0) is 18.6 Å². The van der Waals surface area contributed by atoms with Crippen LogP contribution in [0.5, 0.6) is 0 Å². The average Bonchev–Trinajstić information content (AvgIpc) is 2.28. The van der Waals surface area contributed by atoms with Crippen LogP contribution in [0.4, 0.5) is 5.82 Å². The highest BCUT2D eigenvalue weighted by Gasteiger charge is 2.07. The molecular formula is C11H17N3O2. The molecule has 0 saturated carbocycles. The Kier molecular flexibility index (Phi) is 4.25. The van der Waals surface area contributed by atoms with Crippen molar-refractivity contribution in [3.8, 4) is 0 Å². The number of carbonyl (C=O) groups is 1. The number of nitrogens with one attached hydrogen (secondary N) is 1. The van der Waals surface area contributed by atoms with Gasteiger partial charge >= 0.3 is 0 Å². The summed E-state index contributed by atoms with van der Waals surface area (Å²) in [6.45, 7) is 1.95. The summed E-state index contributed by atoms with van der Waals surface area (Å²) in [6.07, 6.45) is 1.09. The van der Waals surface area contributed by atoms with Gasteiger partial charge < -0.3 is 15.3 Å². The van der Waals surface area contributed by atoms with Gasteiger partial charge in [-0.3, -0.25) is 4.79 Å². The molecule has 1 heterocycles. The number of aliphatic hydroxyl groups excluding tert-OH is 1. The summed E-state index contributed by atoms with van der Waals surface area (Å²) < 4.78 is 0. The topological polar surface area (TPSA) is 65.5 Å². The molecule has 0 aliphatic rings. The molecule has 0 radical (unpaired) electrons. The second-order valence-electron chi connectivity index (χ2n) is 3.65. The molecule has 16 heavy (non-hydrogen) atoms. The molecule has 5 heteroatoms. The van der Waals surface area contributed by atoms with Gasteiger partial charge in [0, 0.05) is 20.3 Å². The van der Waals surface area contributed by atoms with E-state index in [9.17, 15) is 9.90 Å². The Hall–Kier alpha value is -1.62. The summed E-state index contributed by atoms with van der Waals surface area (Å²) >= 11 is 0. The monoisotopic (exact) mass is 223 g/mol. The maximum atomic E-state index is 11.2. The van der Waals surface area contributed by atoms with Crippen molar-refractivity contribution in [2.75, 3.05) is 25.5 Å². The molecule has 2 N–H and O–H groups in total. The first-order chi connectivity index (χ1) is 7.54. The van der Waals surface area contributed by atoms with Gasteiger partial charge in [0.2, 0.25) is 5.91 Å². The third kappa shape index (κ3) is 3.20. The third-order valence-corrected chi connectivity index (χ3v) is 2.30. The summed E-state index contributed by atoms with van der Waals surface area (Å²) in [5.41, 5.74) is 0.761. The fourth-order valence-corrected chi connectivity index (χ4v) is 1.25. The molecule has 1 amide bonds. The summed E-state index contributed by atoms with van der Waals surface area (Å²) in [4.78, 5) is 17.1. The third-order valence-electron chi connectivity index (χ3n) is 2.30. The Bertz CT molecular complexity index is 349. The second-order valence-corrected chi connectivity index (χ2v) is 3.65. The number of hydrogen-bond donors (Lipinski definition) is 2. The lowest BCUT2D eigenvalue weighted by Crippen LogP contribution is -2.33. The molecule has 0 saturated heterocycles. The summed E-state index contributed by atoms with van der Waals surface area (Å²) in [7, 11) is 3.39. The number of aliphatic hydroxyl groups is 1. The first-order valence-electron chi connectivity index (χ1n) is 5.10. The van der Waals surface area contributed by atoms with E-state index in [1.807, 2.05) is 0 Å². The van der Waals surface area contributed by atoms with Crippen molar-refractivity contribution in [2.24, 2.45) is 0 Å². The molecule has 1 aromatic heterocycles. The molecular weight excluding hydrogens is 206 g/mol. The van der Waals surface area contributed by atoms with Crippen LogP contribution in [0.2, 0.25) is 0 Å². The summed E-state index contributed by atoms with van der Waals surface area (Å²) in [5, 5.41) is 11.9. The predicted molar refractivity (Wildman–Crippen MR) is 62.2 cm³/mol. The minimum absolute atomic E-state index is 0.0658. The zero-order valence-electron chi connectivity index (χ0n) is 9.77. The number of hydrogen-bond acceptors (Lipinski definition) is 4. The number of rotatable bonds is 4. The van der Waals surface area contributed by atoms with Gasteiger partial charge in [0.1, 0.15) is 5.82 Å². The molecule has 0 aliphatic heterocycles. The van der Waals surface area contributed by atoms with Crippen molar-refractivity contribution in [3.05, 3.63) is 23.9 Å². The van der Waals surface area contributed by atoms with E-state index in [1.165, 1.54) is 0 Å². The van der Waals surface area contributed by atoms with Gasteiger partial charge in [-0.15, -0.1) is 0 Å². The number of carbonyl (C=O) groups excluding carboxylic acids is 1. The Morgan fingerprint density at radius 3 is 2.75 bits per heavy atom. The van der Waals surface area contributed by atoms with Gasteiger partial charge in [-0.25, -0.2) is 4.98 Å². The fourth-order valence-electron chi connectivity index (χ4n) is 1.25. The van der Waals surface area contributed by atoms with Crippen LogP contribution in [0, 0.1) is 0 Å². The van der Waals surface area contributed by atoms with E-state index >= 15 is 0 Å². The van der Waals surface area contributed by atoms with Gasteiger partial charge in [0.05, 0.1) is 12.6 Å². The maximum Gasteiger partial charge on any atom is 0.239 e. The molecule has 0 aliphatic carbocycles. The maximum absolute atomic E-state index is 11.2. The van der Waals surface area contributed by atoms with Crippen LogP contribution in [0.3, 0.4) is 0 Å². The lowest BCUT2D eigenvalue weighted by molar-refractivity contribution is -0.119. The highest BCUT2D eigenvalue weighted by molar-refractivity contribution is 5.80. The predicted octanol–water partition coefficient (Wildman–Crippen LogP) is 0.317. The minimum Gasteiger partial charge on any atom is -0.389 e. The van der Waals surface area contributed by atoms with Gasteiger partial charge in [0.25, 0.3) is 0 Å². The zero-order valence-corrected chi connectivity index (χ0v) is 9.77. The van der Waals surface area contributed by atoms with Gasteiger partial charge in [-0.1, -0.05) is 6.07 Å². The highest BCUT2D eigenvalue weighted by Crippen LogP contribution is 2.14. The van der Waals surface area contributed by atoms with Crippen LogP contribution in [-0.2, 0) is 4.79 Å². The SMILES string of the molecule is CNC(=O)CN(C)c1ccc([C@H](C)O)cn1. The van der Waals surface area contributed by atoms with Crippen LogP contribution in [0.25, 0.3) is 0 Å².